The largest absolute Gasteiger partial charge is 0.465 e. The van der Waals surface area contributed by atoms with Crippen molar-refractivity contribution in [1.29, 1.82) is 0 Å². The number of rotatable bonds is 6. The van der Waals surface area contributed by atoms with Crippen LogP contribution in [0, 0.1) is 0 Å². The van der Waals surface area contributed by atoms with E-state index in [9.17, 15) is 0 Å². The van der Waals surface area contributed by atoms with E-state index in [1.165, 1.54) is 12.8 Å². The first kappa shape index (κ1) is 13.2. The smallest absolute Gasteiger partial charge is 0.200 e. The van der Waals surface area contributed by atoms with Gasteiger partial charge in [0.2, 0.25) is 0 Å². The fraction of sp³-hybridized carbons (Fsp3) is 0.500. The Balaban J connectivity index is 1.79. The standard InChI is InChI=1S/C16H22O2/c1-3-4-10-15-11-12-16(18-15)17-13(2)14-8-6-5-7-9-14/h5-9,15-16H,2-4,10-12H2,1H3/t15-,16-/m1/s1. The number of hydrogen-bond donors (Lipinski definition) is 0. The van der Waals surface area contributed by atoms with E-state index >= 15 is 0 Å². The molecule has 0 spiro atoms. The van der Waals surface area contributed by atoms with Crippen LogP contribution in [0.1, 0.15) is 44.6 Å². The van der Waals surface area contributed by atoms with Crippen LogP contribution in [-0.4, -0.2) is 12.4 Å². The van der Waals surface area contributed by atoms with Gasteiger partial charge in [-0.25, -0.2) is 0 Å². The number of hydrogen-bond acceptors (Lipinski definition) is 2. The lowest BCUT2D eigenvalue weighted by atomic mass is 10.1. The maximum atomic E-state index is 5.87. The number of unbranched alkanes of at least 4 members (excludes halogenated alkanes) is 1. The van der Waals surface area contributed by atoms with Crippen LogP contribution >= 0.6 is 0 Å². The zero-order valence-corrected chi connectivity index (χ0v) is 11.1. The van der Waals surface area contributed by atoms with Crippen LogP contribution in [0.15, 0.2) is 36.9 Å². The molecule has 18 heavy (non-hydrogen) atoms. The SMILES string of the molecule is C=C(O[C@H]1CC[C@@H](CCCC)O1)c1ccccc1. The summed E-state index contributed by atoms with van der Waals surface area (Å²) in [5.74, 6) is 0.705. The monoisotopic (exact) mass is 246 g/mol. The molecule has 0 bridgehead atoms. The highest BCUT2D eigenvalue weighted by Gasteiger charge is 2.26. The van der Waals surface area contributed by atoms with Crippen LogP contribution in [-0.2, 0) is 9.47 Å². The Morgan fingerprint density at radius 1 is 1.33 bits per heavy atom. The van der Waals surface area contributed by atoms with E-state index in [0.717, 1.165) is 24.8 Å². The molecule has 1 heterocycles. The predicted molar refractivity (Wildman–Crippen MR) is 74.0 cm³/mol. The Bertz CT molecular complexity index is 372. The first-order valence-electron chi connectivity index (χ1n) is 6.86. The van der Waals surface area contributed by atoms with Gasteiger partial charge in [-0.3, -0.25) is 0 Å². The molecule has 1 saturated heterocycles. The number of benzene rings is 1. The zero-order chi connectivity index (χ0) is 12.8. The fourth-order valence-corrected chi connectivity index (χ4v) is 2.25. The van der Waals surface area contributed by atoms with Gasteiger partial charge < -0.3 is 9.47 Å². The maximum Gasteiger partial charge on any atom is 0.200 e. The van der Waals surface area contributed by atoms with Crippen LogP contribution in [0.25, 0.3) is 5.76 Å². The molecule has 0 unspecified atom stereocenters. The third-order valence-electron chi connectivity index (χ3n) is 3.32. The van der Waals surface area contributed by atoms with Crippen molar-refractivity contribution in [3.8, 4) is 0 Å². The third kappa shape index (κ3) is 3.61. The van der Waals surface area contributed by atoms with Crippen molar-refractivity contribution in [2.24, 2.45) is 0 Å². The lowest BCUT2D eigenvalue weighted by molar-refractivity contribution is -0.0900. The normalized spacial score (nSPS) is 22.9. The molecule has 0 saturated carbocycles. The van der Waals surface area contributed by atoms with E-state index in [1.807, 2.05) is 30.3 Å². The van der Waals surface area contributed by atoms with Crippen molar-refractivity contribution in [3.05, 3.63) is 42.5 Å². The Labute approximate surface area is 110 Å². The van der Waals surface area contributed by atoms with E-state index < -0.39 is 0 Å². The summed E-state index contributed by atoms with van der Waals surface area (Å²) in [6, 6.07) is 9.98. The Morgan fingerprint density at radius 2 is 2.11 bits per heavy atom. The molecule has 2 heteroatoms. The lowest BCUT2D eigenvalue weighted by Gasteiger charge is -2.17. The van der Waals surface area contributed by atoms with E-state index in [1.54, 1.807) is 0 Å². The molecule has 2 rings (SSSR count). The van der Waals surface area contributed by atoms with Crippen LogP contribution in [0.5, 0.6) is 0 Å². The Kier molecular flexibility index (Phi) is 4.82. The summed E-state index contributed by atoms with van der Waals surface area (Å²) >= 11 is 0. The van der Waals surface area contributed by atoms with Gasteiger partial charge >= 0.3 is 0 Å². The van der Waals surface area contributed by atoms with Crippen LogP contribution in [0.2, 0.25) is 0 Å². The van der Waals surface area contributed by atoms with Crippen LogP contribution < -0.4 is 0 Å². The molecular weight excluding hydrogens is 224 g/mol. The first-order chi connectivity index (χ1) is 8.79. The third-order valence-corrected chi connectivity index (χ3v) is 3.32. The van der Waals surface area contributed by atoms with E-state index in [4.69, 9.17) is 9.47 Å². The molecular formula is C16H22O2. The minimum absolute atomic E-state index is 0.112. The van der Waals surface area contributed by atoms with E-state index in [2.05, 4.69) is 13.5 Å². The molecule has 0 amide bonds. The van der Waals surface area contributed by atoms with Crippen molar-refractivity contribution in [2.45, 2.75) is 51.4 Å². The quantitative estimate of drug-likeness (QED) is 0.694. The second kappa shape index (κ2) is 6.60. The van der Waals surface area contributed by atoms with Gasteiger partial charge in [-0.15, -0.1) is 0 Å². The molecule has 98 valence electrons. The van der Waals surface area contributed by atoms with Crippen LogP contribution in [0.4, 0.5) is 0 Å². The van der Waals surface area contributed by atoms with Gasteiger partial charge in [0.05, 0.1) is 6.10 Å². The van der Waals surface area contributed by atoms with Gasteiger partial charge in [-0.05, 0) is 12.8 Å². The minimum atomic E-state index is -0.112. The van der Waals surface area contributed by atoms with Gasteiger partial charge in [0.25, 0.3) is 0 Å². The second-order valence-electron chi connectivity index (χ2n) is 4.81. The lowest BCUT2D eigenvalue weighted by Crippen LogP contribution is -2.13. The second-order valence-corrected chi connectivity index (χ2v) is 4.81. The van der Waals surface area contributed by atoms with Crippen molar-refractivity contribution in [2.75, 3.05) is 0 Å². The van der Waals surface area contributed by atoms with Gasteiger partial charge in [-0.1, -0.05) is 56.7 Å². The molecule has 0 N–H and O–H groups in total. The molecule has 0 aliphatic carbocycles. The van der Waals surface area contributed by atoms with Gasteiger partial charge in [-0.2, -0.15) is 0 Å². The molecule has 2 nitrogen and oxygen atoms in total. The summed E-state index contributed by atoms with van der Waals surface area (Å²) < 4.78 is 11.7. The number of ether oxygens (including phenoxy) is 2. The topological polar surface area (TPSA) is 18.5 Å². The van der Waals surface area contributed by atoms with E-state index in [0.29, 0.717) is 11.9 Å². The van der Waals surface area contributed by atoms with Crippen molar-refractivity contribution < 1.29 is 9.47 Å². The summed E-state index contributed by atoms with van der Waals surface area (Å²) in [5.41, 5.74) is 1.03. The molecule has 1 aliphatic rings. The van der Waals surface area contributed by atoms with Crippen molar-refractivity contribution in [3.63, 3.8) is 0 Å². The summed E-state index contributed by atoms with van der Waals surface area (Å²) in [6.45, 7) is 6.18. The van der Waals surface area contributed by atoms with E-state index in [-0.39, 0.29) is 6.29 Å². The Morgan fingerprint density at radius 3 is 2.83 bits per heavy atom. The van der Waals surface area contributed by atoms with Gasteiger partial charge in [0.1, 0.15) is 5.76 Å². The van der Waals surface area contributed by atoms with Crippen molar-refractivity contribution in [1.82, 2.24) is 0 Å². The molecule has 1 aromatic rings. The summed E-state index contributed by atoms with van der Waals surface area (Å²) in [4.78, 5) is 0. The maximum absolute atomic E-state index is 5.87. The highest BCUT2D eigenvalue weighted by atomic mass is 16.7. The molecule has 0 aromatic heterocycles. The highest BCUT2D eigenvalue weighted by molar-refractivity contribution is 5.57. The summed E-state index contributed by atoms with van der Waals surface area (Å²) in [7, 11) is 0. The van der Waals surface area contributed by atoms with Gasteiger partial charge in [0, 0.05) is 12.0 Å². The molecule has 0 radical (unpaired) electrons. The fourth-order valence-electron chi connectivity index (χ4n) is 2.25. The summed E-state index contributed by atoms with van der Waals surface area (Å²) in [5, 5.41) is 0. The van der Waals surface area contributed by atoms with Gasteiger partial charge in [0.15, 0.2) is 6.29 Å². The molecule has 1 fully saturated rings. The minimum Gasteiger partial charge on any atom is -0.465 e. The Hall–Kier alpha value is -1.28. The molecule has 1 aliphatic heterocycles. The zero-order valence-electron chi connectivity index (χ0n) is 11.1. The summed E-state index contributed by atoms with van der Waals surface area (Å²) in [6.07, 6.45) is 5.94. The predicted octanol–water partition coefficient (Wildman–Crippen LogP) is 4.37. The first-order valence-corrected chi connectivity index (χ1v) is 6.86. The van der Waals surface area contributed by atoms with Crippen LogP contribution in [0.3, 0.4) is 0 Å². The molecule has 2 atom stereocenters. The average molecular weight is 246 g/mol. The average Bonchev–Trinajstić information content (AvgIpc) is 2.85. The highest BCUT2D eigenvalue weighted by Crippen LogP contribution is 2.27. The molecule has 1 aromatic carbocycles. The van der Waals surface area contributed by atoms with Crippen molar-refractivity contribution >= 4 is 5.76 Å².